The lowest BCUT2D eigenvalue weighted by atomic mass is 10.0. The van der Waals surface area contributed by atoms with E-state index >= 15 is 0 Å². The van der Waals surface area contributed by atoms with E-state index in [9.17, 15) is 8.78 Å². The third-order valence-electron chi connectivity index (χ3n) is 4.75. The summed E-state index contributed by atoms with van der Waals surface area (Å²) in [5.74, 6) is 0.189. The first-order valence-corrected chi connectivity index (χ1v) is 10.3. The summed E-state index contributed by atoms with van der Waals surface area (Å²) in [6, 6.07) is 0. The minimum atomic E-state index is -1.45. The van der Waals surface area contributed by atoms with Crippen LogP contribution in [0.5, 0.6) is 0 Å². The number of allylic oxidation sites excluding steroid dienone is 5. The minimum absolute atomic E-state index is 0.113. The first-order chi connectivity index (χ1) is 14.3. The van der Waals surface area contributed by atoms with Gasteiger partial charge in [0.05, 0.1) is 17.1 Å². The van der Waals surface area contributed by atoms with Crippen molar-refractivity contribution in [3.8, 4) is 0 Å². The smallest absolute Gasteiger partial charge is 0.141 e. The van der Waals surface area contributed by atoms with Gasteiger partial charge < -0.3 is 14.7 Å². The third-order valence-corrected chi connectivity index (χ3v) is 5.28. The molecule has 0 aliphatic carbocycles. The quantitative estimate of drug-likeness (QED) is 0.589. The summed E-state index contributed by atoms with van der Waals surface area (Å²) in [7, 11) is 0. The molecule has 164 valence electrons. The number of aryl methyl sites for hydroxylation is 2. The van der Waals surface area contributed by atoms with E-state index in [1.54, 1.807) is 12.5 Å². The highest BCUT2D eigenvalue weighted by atomic mass is 35.5. The molecule has 0 saturated carbocycles. The number of alkyl halides is 1. The van der Waals surface area contributed by atoms with Crippen LogP contribution in [0.15, 0.2) is 50.0 Å². The molecule has 1 aliphatic heterocycles. The Balaban J connectivity index is 2.48. The third kappa shape index (κ3) is 6.05. The van der Waals surface area contributed by atoms with E-state index in [0.29, 0.717) is 25.3 Å². The molecular weight excluding hydrogens is 410 g/mol. The molecule has 1 unspecified atom stereocenters. The van der Waals surface area contributed by atoms with Gasteiger partial charge in [-0.1, -0.05) is 23.7 Å². The number of halogens is 3. The van der Waals surface area contributed by atoms with E-state index in [2.05, 4.69) is 15.5 Å². The Labute approximate surface area is 181 Å². The van der Waals surface area contributed by atoms with Gasteiger partial charge in [0.2, 0.25) is 0 Å². The van der Waals surface area contributed by atoms with Crippen LogP contribution in [0.1, 0.15) is 44.2 Å². The van der Waals surface area contributed by atoms with Crippen molar-refractivity contribution in [1.82, 2.24) is 15.4 Å². The molecule has 1 aromatic heterocycles. The van der Waals surface area contributed by atoms with E-state index in [-0.39, 0.29) is 17.2 Å². The van der Waals surface area contributed by atoms with Gasteiger partial charge in [0.25, 0.3) is 0 Å². The van der Waals surface area contributed by atoms with E-state index in [1.165, 1.54) is 13.0 Å². The topological polar surface area (TPSA) is 53.7 Å². The van der Waals surface area contributed by atoms with Crippen molar-refractivity contribution in [2.24, 2.45) is 4.99 Å². The van der Waals surface area contributed by atoms with Crippen molar-refractivity contribution in [3.05, 3.63) is 57.5 Å². The lowest BCUT2D eigenvalue weighted by Gasteiger charge is -2.28. The van der Waals surface area contributed by atoms with Crippen molar-refractivity contribution in [3.63, 3.8) is 0 Å². The fourth-order valence-corrected chi connectivity index (χ4v) is 3.35. The summed E-state index contributed by atoms with van der Waals surface area (Å²) in [5, 5.41) is 7.01. The molecule has 0 bridgehead atoms. The molecule has 0 saturated heterocycles. The van der Waals surface area contributed by atoms with Gasteiger partial charge in [-0.25, -0.2) is 13.8 Å². The SMILES string of the molecule is CC/C=C(F)\C(CN1CCN/C=N/C=C(c2c(C)noc2C)\C=C\1C)=C(\Cl)C(C)F. The predicted octanol–water partition coefficient (Wildman–Crippen LogP) is 5.58. The Morgan fingerprint density at radius 3 is 2.73 bits per heavy atom. The fraction of sp³-hybridized carbons (Fsp3) is 0.455. The molecule has 8 heteroatoms. The van der Waals surface area contributed by atoms with Crippen molar-refractivity contribution in [2.75, 3.05) is 19.6 Å². The van der Waals surface area contributed by atoms with Crippen molar-refractivity contribution >= 4 is 23.5 Å². The zero-order chi connectivity index (χ0) is 22.3. The number of nitrogens with one attached hydrogen (secondary N) is 1. The van der Waals surface area contributed by atoms with Gasteiger partial charge in [-0.2, -0.15) is 0 Å². The normalized spacial score (nSPS) is 22.3. The fourth-order valence-electron chi connectivity index (χ4n) is 3.20. The van der Waals surface area contributed by atoms with Gasteiger partial charge in [0.15, 0.2) is 0 Å². The zero-order valence-corrected chi connectivity index (χ0v) is 18.9. The van der Waals surface area contributed by atoms with Crippen molar-refractivity contribution in [2.45, 2.75) is 47.2 Å². The van der Waals surface area contributed by atoms with Crippen LogP contribution >= 0.6 is 11.6 Å². The Bertz CT molecular complexity index is 877. The average molecular weight is 439 g/mol. The summed E-state index contributed by atoms with van der Waals surface area (Å²) in [6.45, 7) is 10.0. The van der Waals surface area contributed by atoms with E-state index < -0.39 is 12.0 Å². The number of rotatable bonds is 6. The Hall–Kier alpha value is -2.41. The molecule has 0 fully saturated rings. The first kappa shape index (κ1) is 23.9. The molecule has 0 radical (unpaired) electrons. The Morgan fingerprint density at radius 2 is 2.13 bits per heavy atom. The van der Waals surface area contributed by atoms with Crippen LogP contribution in [-0.2, 0) is 0 Å². The van der Waals surface area contributed by atoms with Crippen molar-refractivity contribution in [1.29, 1.82) is 0 Å². The molecule has 1 atom stereocenters. The maximum absolute atomic E-state index is 14.7. The van der Waals surface area contributed by atoms with Gasteiger partial charge in [-0.05, 0) is 46.3 Å². The second kappa shape index (κ2) is 11.1. The number of aromatic nitrogens is 1. The number of nitrogens with zero attached hydrogens (tertiary/aromatic N) is 3. The molecule has 1 aliphatic rings. The van der Waals surface area contributed by atoms with E-state index in [0.717, 1.165) is 22.5 Å². The molecule has 1 aromatic rings. The van der Waals surface area contributed by atoms with Gasteiger partial charge in [-0.3, -0.25) is 0 Å². The maximum Gasteiger partial charge on any atom is 0.141 e. The lowest BCUT2D eigenvalue weighted by Crippen LogP contribution is -2.33. The highest BCUT2D eigenvalue weighted by Gasteiger charge is 2.20. The van der Waals surface area contributed by atoms with Crippen LogP contribution in [0.2, 0.25) is 0 Å². The van der Waals surface area contributed by atoms with Crippen LogP contribution in [-0.4, -0.2) is 42.2 Å². The average Bonchev–Trinajstić information content (AvgIpc) is 3.03. The summed E-state index contributed by atoms with van der Waals surface area (Å²) >= 11 is 6.17. The first-order valence-electron chi connectivity index (χ1n) is 9.96. The Morgan fingerprint density at radius 1 is 1.40 bits per heavy atom. The van der Waals surface area contributed by atoms with E-state index in [1.807, 2.05) is 38.7 Å². The summed E-state index contributed by atoms with van der Waals surface area (Å²) in [6.07, 6.45) is 5.73. The molecule has 5 nitrogen and oxygen atoms in total. The number of aliphatic imine (C=N–C) groups is 1. The highest BCUT2D eigenvalue weighted by molar-refractivity contribution is 6.30. The van der Waals surface area contributed by atoms with Crippen LogP contribution in [0.4, 0.5) is 8.78 Å². The highest BCUT2D eigenvalue weighted by Crippen LogP contribution is 2.29. The number of hydrogen-bond donors (Lipinski definition) is 1. The molecule has 0 amide bonds. The standard InChI is InChI=1S/C22H29ClF2N4O/c1-6-7-20(25)19(22(23)15(3)24)12-29-9-8-26-13-27-11-18(10-14(29)2)21-16(4)28-30-17(21)5/h7,10-11,13,15H,6,8-9,12H2,1-5H3,(H,26,27)/b14-10+,18-11+,20-7+,22-19+. The summed E-state index contributed by atoms with van der Waals surface area (Å²) < 4.78 is 33.9. The maximum atomic E-state index is 14.7. The summed E-state index contributed by atoms with van der Waals surface area (Å²) in [4.78, 5) is 6.26. The van der Waals surface area contributed by atoms with E-state index in [4.69, 9.17) is 16.1 Å². The lowest BCUT2D eigenvalue weighted by molar-refractivity contribution is 0.366. The van der Waals surface area contributed by atoms with Gasteiger partial charge in [-0.15, -0.1) is 0 Å². The largest absolute Gasteiger partial charge is 0.374 e. The molecule has 2 rings (SSSR count). The summed E-state index contributed by atoms with van der Waals surface area (Å²) in [5.41, 5.74) is 3.44. The second-order valence-corrected chi connectivity index (χ2v) is 7.53. The van der Waals surface area contributed by atoms with Gasteiger partial charge in [0, 0.05) is 48.2 Å². The van der Waals surface area contributed by atoms with Crippen LogP contribution in [0, 0.1) is 13.8 Å². The predicted molar refractivity (Wildman–Crippen MR) is 119 cm³/mol. The molecule has 30 heavy (non-hydrogen) atoms. The molecule has 1 N–H and O–H groups in total. The van der Waals surface area contributed by atoms with Gasteiger partial charge >= 0.3 is 0 Å². The number of hydrogen-bond acceptors (Lipinski definition) is 5. The monoisotopic (exact) mass is 438 g/mol. The van der Waals surface area contributed by atoms with Gasteiger partial charge in [0.1, 0.15) is 17.8 Å². The van der Waals surface area contributed by atoms with Crippen LogP contribution in [0.3, 0.4) is 0 Å². The minimum Gasteiger partial charge on any atom is -0.374 e. The van der Waals surface area contributed by atoms with Crippen LogP contribution < -0.4 is 5.32 Å². The molecule has 2 heterocycles. The Kier molecular flexibility index (Phi) is 8.84. The second-order valence-electron chi connectivity index (χ2n) is 7.13. The van der Waals surface area contributed by atoms with Crippen molar-refractivity contribution < 1.29 is 13.3 Å². The molecular formula is C22H29ClF2N4O. The molecule has 0 aromatic carbocycles. The van der Waals surface area contributed by atoms with Crippen LogP contribution in [0.25, 0.3) is 5.57 Å². The molecule has 0 spiro atoms. The zero-order valence-electron chi connectivity index (χ0n) is 18.1.